The average Bonchev–Trinajstić information content (AvgIpc) is 2.01. The Balaban J connectivity index is 0.000000149. The largest absolute Gasteiger partial charge is 0.495 e. The van der Waals surface area contributed by atoms with E-state index in [1.807, 2.05) is 70.2 Å². The fourth-order valence-electron chi connectivity index (χ4n) is 12.9. The summed E-state index contributed by atoms with van der Waals surface area (Å²) >= 11 is 3.55. The Morgan fingerprint density at radius 1 is 0.557 bits per heavy atom. The molecule has 7 aliphatic rings. The second-order valence-electron chi connectivity index (χ2n) is 24.9. The maximum atomic E-state index is 15.3. The molecule has 0 amide bonds. The van der Waals surface area contributed by atoms with E-state index in [0.717, 1.165) is 98.4 Å². The molecule has 6 aromatic carbocycles. The summed E-state index contributed by atoms with van der Waals surface area (Å²) in [5.74, 6) is 3.28. The molecule has 0 unspecified atom stereocenters. The number of fused-ring (bicyclic) bond motifs is 4. The molecule has 5 aliphatic heterocycles. The lowest BCUT2D eigenvalue weighted by Gasteiger charge is -2.32. The van der Waals surface area contributed by atoms with Crippen LogP contribution in [0.25, 0.3) is 11.1 Å². The normalized spacial score (nSPS) is 22.2. The first kappa shape index (κ1) is 62.9. The molecule has 0 aromatic heterocycles. The minimum Gasteiger partial charge on any atom is -0.492 e. The lowest BCUT2D eigenvalue weighted by atomic mass is 9.75. The van der Waals surface area contributed by atoms with Gasteiger partial charge in [0.25, 0.3) is 0 Å². The molecule has 0 bridgehead atoms. The van der Waals surface area contributed by atoms with E-state index >= 15 is 8.78 Å². The lowest BCUT2D eigenvalue weighted by Crippen LogP contribution is -2.41. The van der Waals surface area contributed by atoms with Crippen molar-refractivity contribution in [2.24, 2.45) is 0 Å². The Hall–Kier alpha value is -6.70. The van der Waals surface area contributed by atoms with E-state index in [1.54, 1.807) is 12.1 Å². The zero-order valence-corrected chi connectivity index (χ0v) is 53.5. The van der Waals surface area contributed by atoms with Crippen molar-refractivity contribution in [3.63, 3.8) is 0 Å². The highest BCUT2D eigenvalue weighted by Crippen LogP contribution is 2.47. The topological polar surface area (TPSA) is 145 Å². The SMILES string of the molecule is COC(=O)C[C@@H]1COc2cc(O[C@@H]3CCc4c(-c5c(C)cc(O[C@@H]6CCOC6)cc5C)ccc(F)c43)ccc21.COC(=O)C[C@@H]1COc2cc(O[C@@H]3CCc4c(B5OC(C)(C)C(C)(C)O5)ccc(F)c43)ccc21.Cc1cc(O[C@@H]2CCOC2)cc(C)c1Br. The quantitative estimate of drug-likeness (QED) is 0.0753. The van der Waals surface area contributed by atoms with Crippen LogP contribution in [0.3, 0.4) is 0 Å². The van der Waals surface area contributed by atoms with Gasteiger partial charge >= 0.3 is 19.1 Å². The molecule has 6 atom stereocenters. The van der Waals surface area contributed by atoms with Crippen LogP contribution in [0.2, 0.25) is 0 Å². The van der Waals surface area contributed by atoms with Crippen LogP contribution in [-0.2, 0) is 50.7 Å². The van der Waals surface area contributed by atoms with Gasteiger partial charge in [-0.25, -0.2) is 8.78 Å². The number of carbonyl (C=O) groups excluding carboxylic acids is 2. The smallest absolute Gasteiger partial charge is 0.492 e. The summed E-state index contributed by atoms with van der Waals surface area (Å²) < 4.78 is 100. The molecule has 0 radical (unpaired) electrons. The fourth-order valence-corrected chi connectivity index (χ4v) is 13.1. The first-order chi connectivity index (χ1) is 42.2. The van der Waals surface area contributed by atoms with E-state index in [-0.39, 0.29) is 60.5 Å². The van der Waals surface area contributed by atoms with Crippen LogP contribution in [0, 0.1) is 39.3 Å². The van der Waals surface area contributed by atoms with Crippen molar-refractivity contribution in [2.75, 3.05) is 53.9 Å². The number of hydrogen-bond acceptors (Lipinski definition) is 14. The van der Waals surface area contributed by atoms with Crippen LogP contribution in [0.4, 0.5) is 8.78 Å². The predicted molar refractivity (Wildman–Crippen MR) is 333 cm³/mol. The van der Waals surface area contributed by atoms with E-state index in [1.165, 1.54) is 31.4 Å². The first-order valence-electron chi connectivity index (χ1n) is 30.5. The van der Waals surface area contributed by atoms with Crippen molar-refractivity contribution in [3.8, 4) is 45.6 Å². The van der Waals surface area contributed by atoms with E-state index in [2.05, 4.69) is 67.9 Å². The molecule has 3 fully saturated rings. The summed E-state index contributed by atoms with van der Waals surface area (Å²) in [6.45, 7) is 20.1. The minimum atomic E-state index is -0.543. The highest BCUT2D eigenvalue weighted by molar-refractivity contribution is 9.10. The molecule has 0 spiro atoms. The highest BCUT2D eigenvalue weighted by atomic mass is 79.9. The molecular formula is C70H78BBrF2O14. The van der Waals surface area contributed by atoms with Gasteiger partial charge in [0, 0.05) is 63.5 Å². The molecule has 18 heteroatoms. The number of esters is 2. The molecule has 466 valence electrons. The number of aryl methyl sites for hydroxylation is 4. The third kappa shape index (κ3) is 13.4. The Morgan fingerprint density at radius 2 is 1.01 bits per heavy atom. The zero-order chi connectivity index (χ0) is 62.2. The lowest BCUT2D eigenvalue weighted by molar-refractivity contribution is -0.142. The molecule has 88 heavy (non-hydrogen) atoms. The van der Waals surface area contributed by atoms with Gasteiger partial charge in [-0.3, -0.25) is 9.59 Å². The van der Waals surface area contributed by atoms with Gasteiger partial charge in [-0.1, -0.05) is 40.2 Å². The van der Waals surface area contributed by atoms with Crippen molar-refractivity contribution >= 4 is 40.4 Å². The van der Waals surface area contributed by atoms with Crippen molar-refractivity contribution < 1.29 is 75.0 Å². The van der Waals surface area contributed by atoms with Crippen molar-refractivity contribution in [2.45, 2.75) is 154 Å². The molecular weight excluding hydrogens is 1190 g/mol. The Bertz CT molecular complexity index is 3520. The Kier molecular flexibility index (Phi) is 18.9. The van der Waals surface area contributed by atoms with Gasteiger partial charge in [0.15, 0.2) is 0 Å². The van der Waals surface area contributed by atoms with Gasteiger partial charge in [0.2, 0.25) is 0 Å². The van der Waals surface area contributed by atoms with E-state index in [4.69, 9.17) is 56.7 Å². The number of halogens is 3. The third-order valence-electron chi connectivity index (χ3n) is 18.2. The standard InChI is InChI=1S/C32H33FO6.C26H30BFO6.C12H15BrO2/c1-18-12-23(38-22-10-11-36-17-22)13-19(2)31(18)25-6-8-27(33)32-26(25)7-9-28(32)39-21-4-5-24-20(14-30(34)35-3)16-37-29(24)15-21;1-25(2)26(3,4)34-27(33-25)19-9-10-20(28)24-18(19)8-11-21(24)32-16-6-7-17-15(12-23(29)30-5)14-31-22(17)13-16;1-8-5-11(6-9(2)12(8)13)15-10-3-4-14-7-10/h4-6,8,12-13,15,20,22,28H,7,9-11,14,16-17H2,1-3H3;6-7,9-10,13,15,21H,8,11-12,14H2,1-5H3;5-6,10H,3-4,7H2,1-2H3/t20-,22-,28-;15-,21-;10-/m111/s1. The number of ether oxygens (including phenoxy) is 10. The van der Waals surface area contributed by atoms with Crippen LogP contribution in [0.1, 0.15) is 146 Å². The molecule has 13 rings (SSSR count). The molecule has 14 nitrogen and oxygen atoms in total. The maximum absolute atomic E-state index is 15.3. The van der Waals surface area contributed by atoms with Crippen LogP contribution in [0.5, 0.6) is 34.5 Å². The number of carbonyl (C=O) groups is 2. The van der Waals surface area contributed by atoms with Crippen molar-refractivity contribution in [3.05, 3.63) is 157 Å². The number of hydrogen-bond donors (Lipinski definition) is 0. The molecule has 0 saturated carbocycles. The zero-order valence-electron chi connectivity index (χ0n) is 51.9. The summed E-state index contributed by atoms with van der Waals surface area (Å²) in [4.78, 5) is 23.4. The van der Waals surface area contributed by atoms with Crippen molar-refractivity contribution in [1.29, 1.82) is 0 Å². The Morgan fingerprint density at radius 3 is 1.48 bits per heavy atom. The van der Waals surface area contributed by atoms with Gasteiger partial charge < -0.3 is 56.7 Å². The third-order valence-corrected chi connectivity index (χ3v) is 19.5. The summed E-state index contributed by atoms with van der Waals surface area (Å²) in [5.41, 5.74) is 11.7. The van der Waals surface area contributed by atoms with E-state index in [9.17, 15) is 9.59 Å². The maximum Gasteiger partial charge on any atom is 0.495 e. The molecule has 3 saturated heterocycles. The van der Waals surface area contributed by atoms with E-state index < -0.39 is 30.5 Å². The summed E-state index contributed by atoms with van der Waals surface area (Å²) in [5, 5.41) is 0. The summed E-state index contributed by atoms with van der Waals surface area (Å²) in [7, 11) is 2.23. The summed E-state index contributed by atoms with van der Waals surface area (Å²) in [6.07, 6.45) is 4.70. The van der Waals surface area contributed by atoms with Gasteiger partial charge in [-0.2, -0.15) is 0 Å². The predicted octanol–water partition coefficient (Wildman–Crippen LogP) is 13.8. The average molecular weight is 1270 g/mol. The highest BCUT2D eigenvalue weighted by Gasteiger charge is 2.53. The number of methoxy groups -OCH3 is 2. The van der Waals surface area contributed by atoms with E-state index in [0.29, 0.717) is 79.8 Å². The Labute approximate surface area is 523 Å². The summed E-state index contributed by atoms with van der Waals surface area (Å²) in [6, 6.07) is 26.2. The molecule has 0 N–H and O–H groups in total. The molecule has 5 heterocycles. The van der Waals surface area contributed by atoms with Crippen LogP contribution < -0.4 is 33.9 Å². The fraction of sp³-hybridized carbons (Fsp3) is 0.457. The van der Waals surface area contributed by atoms with Crippen LogP contribution in [-0.4, -0.2) is 96.3 Å². The molecule has 2 aliphatic carbocycles. The first-order valence-corrected chi connectivity index (χ1v) is 31.3. The number of rotatable bonds is 14. The minimum absolute atomic E-state index is 0.0383. The molecule has 6 aromatic rings. The van der Waals surface area contributed by atoms with Crippen molar-refractivity contribution in [1.82, 2.24) is 0 Å². The van der Waals surface area contributed by atoms with Crippen LogP contribution >= 0.6 is 15.9 Å². The monoisotopic (exact) mass is 1270 g/mol. The van der Waals surface area contributed by atoms with Gasteiger partial charge in [0.1, 0.15) is 70.5 Å². The number of benzene rings is 6. The second-order valence-corrected chi connectivity index (χ2v) is 25.7. The van der Waals surface area contributed by atoms with Gasteiger partial charge in [-0.15, -0.1) is 0 Å². The van der Waals surface area contributed by atoms with Gasteiger partial charge in [-0.05, 0) is 180 Å². The second kappa shape index (κ2) is 26.4. The van der Waals surface area contributed by atoms with Crippen LogP contribution in [0.15, 0.2) is 89.4 Å². The van der Waals surface area contributed by atoms with Gasteiger partial charge in [0.05, 0.1) is 77.9 Å².